The summed E-state index contributed by atoms with van der Waals surface area (Å²) in [5, 5.41) is 20.0. The molecule has 0 amide bonds. The Hall–Kier alpha value is -2.15. The molecule has 2 rings (SSSR count). The van der Waals surface area contributed by atoms with E-state index in [4.69, 9.17) is 9.84 Å². The van der Waals surface area contributed by atoms with Gasteiger partial charge in [0.1, 0.15) is 5.56 Å². The molecule has 0 spiro atoms. The average Bonchev–Trinajstić information content (AvgIpc) is 2.36. The minimum Gasteiger partial charge on any atom is -0.477 e. The normalized spacial score (nSPS) is 22.6. The van der Waals surface area contributed by atoms with Crippen molar-refractivity contribution in [3.8, 4) is 0 Å². The van der Waals surface area contributed by atoms with Gasteiger partial charge in [-0.05, 0) is 26.0 Å². The number of aromatic carboxylic acids is 1. The maximum absolute atomic E-state index is 11.0. The highest BCUT2D eigenvalue weighted by atomic mass is 16.6. The first-order chi connectivity index (χ1) is 9.38. The number of carboxylic acid groups (broad SMARTS) is 1. The van der Waals surface area contributed by atoms with Crippen LogP contribution in [0.2, 0.25) is 0 Å². The van der Waals surface area contributed by atoms with Crippen LogP contribution in [-0.4, -0.2) is 41.3 Å². The molecule has 0 unspecified atom stereocenters. The minimum atomic E-state index is -1.30. The highest BCUT2D eigenvalue weighted by Gasteiger charge is 2.26. The van der Waals surface area contributed by atoms with Crippen molar-refractivity contribution < 1.29 is 19.6 Å². The van der Waals surface area contributed by atoms with Crippen LogP contribution in [0.15, 0.2) is 18.2 Å². The quantitative estimate of drug-likeness (QED) is 0.671. The second kappa shape index (κ2) is 5.46. The van der Waals surface area contributed by atoms with Crippen molar-refractivity contribution in [2.45, 2.75) is 26.1 Å². The fourth-order valence-corrected chi connectivity index (χ4v) is 2.44. The van der Waals surface area contributed by atoms with Gasteiger partial charge in [-0.15, -0.1) is 0 Å². The van der Waals surface area contributed by atoms with Crippen molar-refractivity contribution in [3.63, 3.8) is 0 Å². The summed E-state index contributed by atoms with van der Waals surface area (Å²) in [5.74, 6) is -1.30. The number of carboxylic acids is 1. The standard InChI is InChI=1S/C13H16N2O5/c1-8-6-14(7-9(2)20-8)10-3-4-11(13(16)17)12(5-10)15(18)19/h3-5,8-9H,6-7H2,1-2H3,(H,16,17)/t8-,9+. The van der Waals surface area contributed by atoms with Gasteiger partial charge >= 0.3 is 5.97 Å². The molecule has 1 aliphatic heterocycles. The number of ether oxygens (including phenoxy) is 1. The lowest BCUT2D eigenvalue weighted by Gasteiger charge is -2.36. The lowest BCUT2D eigenvalue weighted by Crippen LogP contribution is -2.45. The molecule has 1 heterocycles. The molecule has 1 aromatic carbocycles. The Balaban J connectivity index is 2.36. The average molecular weight is 280 g/mol. The van der Waals surface area contributed by atoms with Crippen LogP contribution in [0, 0.1) is 10.1 Å². The number of nitro benzene ring substituents is 1. The summed E-state index contributed by atoms with van der Waals surface area (Å²) in [5.41, 5.74) is -0.0430. The Morgan fingerprint density at radius 2 is 2.00 bits per heavy atom. The van der Waals surface area contributed by atoms with E-state index in [-0.39, 0.29) is 23.5 Å². The predicted octanol–water partition coefficient (Wildman–Crippen LogP) is 1.91. The van der Waals surface area contributed by atoms with Crippen LogP contribution in [-0.2, 0) is 4.74 Å². The minimum absolute atomic E-state index is 0.0250. The van der Waals surface area contributed by atoms with E-state index < -0.39 is 10.9 Å². The maximum atomic E-state index is 11.0. The summed E-state index contributed by atoms with van der Waals surface area (Å²) in [6.07, 6.45) is 0.0499. The van der Waals surface area contributed by atoms with Crippen LogP contribution in [0.4, 0.5) is 11.4 Å². The molecular weight excluding hydrogens is 264 g/mol. The second-order valence-electron chi connectivity index (χ2n) is 4.93. The summed E-state index contributed by atoms with van der Waals surface area (Å²) in [6, 6.07) is 4.19. The van der Waals surface area contributed by atoms with Gasteiger partial charge < -0.3 is 14.7 Å². The third-order valence-corrected chi connectivity index (χ3v) is 3.19. The number of nitro groups is 1. The Bertz CT molecular complexity index is 536. The van der Waals surface area contributed by atoms with E-state index in [9.17, 15) is 14.9 Å². The Morgan fingerprint density at radius 1 is 1.40 bits per heavy atom. The van der Waals surface area contributed by atoms with Crippen LogP contribution in [0.5, 0.6) is 0 Å². The van der Waals surface area contributed by atoms with Crippen molar-refractivity contribution in [1.82, 2.24) is 0 Å². The highest BCUT2D eigenvalue weighted by molar-refractivity contribution is 5.93. The van der Waals surface area contributed by atoms with Crippen LogP contribution >= 0.6 is 0 Å². The van der Waals surface area contributed by atoms with E-state index in [1.807, 2.05) is 18.7 Å². The predicted molar refractivity (Wildman–Crippen MR) is 72.3 cm³/mol. The van der Waals surface area contributed by atoms with Gasteiger partial charge in [0, 0.05) is 24.8 Å². The molecule has 1 saturated heterocycles. The van der Waals surface area contributed by atoms with Gasteiger partial charge in [0.25, 0.3) is 5.69 Å². The number of carbonyl (C=O) groups is 1. The number of nitrogens with zero attached hydrogens (tertiary/aromatic N) is 2. The number of hydrogen-bond acceptors (Lipinski definition) is 5. The smallest absolute Gasteiger partial charge is 0.342 e. The molecular formula is C13H16N2O5. The zero-order chi connectivity index (χ0) is 14.9. The van der Waals surface area contributed by atoms with E-state index in [2.05, 4.69) is 0 Å². The van der Waals surface area contributed by atoms with Crippen molar-refractivity contribution >= 4 is 17.3 Å². The molecule has 0 aliphatic carbocycles. The fraction of sp³-hybridized carbons (Fsp3) is 0.462. The van der Waals surface area contributed by atoms with Gasteiger partial charge in [-0.2, -0.15) is 0 Å². The maximum Gasteiger partial charge on any atom is 0.342 e. The topological polar surface area (TPSA) is 92.9 Å². The summed E-state index contributed by atoms with van der Waals surface area (Å²) < 4.78 is 5.61. The first kappa shape index (κ1) is 14.3. The molecule has 20 heavy (non-hydrogen) atoms. The van der Waals surface area contributed by atoms with Crippen molar-refractivity contribution in [1.29, 1.82) is 0 Å². The van der Waals surface area contributed by atoms with Crippen molar-refractivity contribution in [2.75, 3.05) is 18.0 Å². The highest BCUT2D eigenvalue weighted by Crippen LogP contribution is 2.27. The van der Waals surface area contributed by atoms with Gasteiger partial charge in [-0.25, -0.2) is 4.79 Å². The molecule has 1 aliphatic rings. The molecule has 0 bridgehead atoms. The van der Waals surface area contributed by atoms with Crippen LogP contribution in [0.1, 0.15) is 24.2 Å². The first-order valence-corrected chi connectivity index (χ1v) is 6.30. The van der Waals surface area contributed by atoms with E-state index in [1.165, 1.54) is 12.1 Å². The van der Waals surface area contributed by atoms with Gasteiger partial charge in [-0.1, -0.05) is 0 Å². The molecule has 0 aromatic heterocycles. The van der Waals surface area contributed by atoms with Crippen molar-refractivity contribution in [2.24, 2.45) is 0 Å². The molecule has 1 fully saturated rings. The van der Waals surface area contributed by atoms with Gasteiger partial charge in [0.2, 0.25) is 0 Å². The number of morpholine rings is 1. The van der Waals surface area contributed by atoms with Gasteiger partial charge in [-0.3, -0.25) is 10.1 Å². The van der Waals surface area contributed by atoms with E-state index in [0.717, 1.165) is 0 Å². The molecule has 0 saturated carbocycles. The van der Waals surface area contributed by atoms with Crippen LogP contribution < -0.4 is 4.90 Å². The molecule has 0 radical (unpaired) electrons. The van der Waals surface area contributed by atoms with Gasteiger partial charge in [0.15, 0.2) is 0 Å². The zero-order valence-electron chi connectivity index (χ0n) is 11.3. The van der Waals surface area contributed by atoms with Crippen LogP contribution in [0.25, 0.3) is 0 Å². The monoisotopic (exact) mass is 280 g/mol. The summed E-state index contributed by atoms with van der Waals surface area (Å²) in [6.45, 7) is 5.10. The lowest BCUT2D eigenvalue weighted by atomic mass is 10.1. The molecule has 1 aromatic rings. The van der Waals surface area contributed by atoms with E-state index >= 15 is 0 Å². The zero-order valence-corrected chi connectivity index (χ0v) is 11.3. The number of benzene rings is 1. The lowest BCUT2D eigenvalue weighted by molar-refractivity contribution is -0.385. The largest absolute Gasteiger partial charge is 0.477 e. The Morgan fingerprint density at radius 3 is 2.50 bits per heavy atom. The second-order valence-corrected chi connectivity index (χ2v) is 4.93. The number of anilines is 1. The van der Waals surface area contributed by atoms with E-state index in [0.29, 0.717) is 18.8 Å². The fourth-order valence-electron chi connectivity index (χ4n) is 2.44. The Kier molecular flexibility index (Phi) is 3.89. The first-order valence-electron chi connectivity index (χ1n) is 6.30. The summed E-state index contributed by atoms with van der Waals surface area (Å²) in [7, 11) is 0. The summed E-state index contributed by atoms with van der Waals surface area (Å²) in [4.78, 5) is 23.3. The van der Waals surface area contributed by atoms with Gasteiger partial charge in [0.05, 0.1) is 17.1 Å². The number of hydrogen-bond donors (Lipinski definition) is 1. The molecule has 1 N–H and O–H groups in total. The molecule has 108 valence electrons. The third kappa shape index (κ3) is 2.88. The Labute approximate surface area is 115 Å². The van der Waals surface area contributed by atoms with Crippen molar-refractivity contribution in [3.05, 3.63) is 33.9 Å². The summed E-state index contributed by atoms with van der Waals surface area (Å²) >= 11 is 0. The molecule has 7 heteroatoms. The van der Waals surface area contributed by atoms with Crippen LogP contribution in [0.3, 0.4) is 0 Å². The SMILES string of the molecule is C[C@@H]1CN(c2ccc(C(=O)O)c([N+](=O)[O-])c2)C[C@H](C)O1. The molecule has 2 atom stereocenters. The third-order valence-electron chi connectivity index (χ3n) is 3.19. The van der Waals surface area contributed by atoms with E-state index in [1.54, 1.807) is 6.07 Å². The molecule has 7 nitrogen and oxygen atoms in total. The number of rotatable bonds is 3.